The van der Waals surface area contributed by atoms with Crippen LogP contribution in [0.3, 0.4) is 0 Å². The third-order valence-electron chi connectivity index (χ3n) is 1.83. The van der Waals surface area contributed by atoms with Crippen molar-refractivity contribution in [3.63, 3.8) is 0 Å². The molecule has 0 spiro atoms. The van der Waals surface area contributed by atoms with Crippen LogP contribution in [0.25, 0.3) is 5.76 Å². The number of benzene rings is 1. The van der Waals surface area contributed by atoms with Crippen molar-refractivity contribution in [3.05, 3.63) is 39.9 Å². The zero-order valence-corrected chi connectivity index (χ0v) is 10.2. The molecule has 6 heteroatoms. The van der Waals surface area contributed by atoms with Gasteiger partial charge >= 0.3 is 0 Å². The van der Waals surface area contributed by atoms with Gasteiger partial charge in [0.25, 0.3) is 5.91 Å². The summed E-state index contributed by atoms with van der Waals surface area (Å²) in [6.07, 6.45) is 2.19. The topological polar surface area (TPSA) is 55.7 Å². The van der Waals surface area contributed by atoms with Gasteiger partial charge in [-0.25, -0.2) is 4.79 Å². The van der Waals surface area contributed by atoms with Crippen molar-refractivity contribution in [3.8, 4) is 0 Å². The Morgan fingerprint density at radius 3 is 2.71 bits per heavy atom. The van der Waals surface area contributed by atoms with E-state index in [9.17, 15) is 9.59 Å². The van der Waals surface area contributed by atoms with Gasteiger partial charge in [-0.15, -0.1) is 4.99 Å². The predicted octanol–water partition coefficient (Wildman–Crippen LogP) is 2.84. The molecule has 0 aliphatic rings. The van der Waals surface area contributed by atoms with Crippen LogP contribution in [0.1, 0.15) is 5.56 Å². The number of hydrogen-bond acceptors (Lipinski definition) is 3. The lowest BCUT2D eigenvalue weighted by molar-refractivity contribution is -0.113. The average Bonchev–Trinajstić information content (AvgIpc) is 2.27. The Bertz CT molecular complexity index is 519. The zero-order chi connectivity index (χ0) is 12.8. The van der Waals surface area contributed by atoms with Crippen LogP contribution >= 0.6 is 23.2 Å². The van der Waals surface area contributed by atoms with Crippen LogP contribution in [0.2, 0.25) is 10.0 Å². The average molecular weight is 272 g/mol. The third-order valence-corrected chi connectivity index (χ3v) is 2.37. The maximum absolute atomic E-state index is 11.1. The van der Waals surface area contributed by atoms with Gasteiger partial charge in [0.15, 0.2) is 0 Å². The molecule has 0 aromatic heterocycles. The minimum atomic E-state index is -0.775. The van der Waals surface area contributed by atoms with Gasteiger partial charge in [0.2, 0.25) is 6.08 Å². The molecule has 0 saturated carbocycles. The molecule has 4 nitrogen and oxygen atoms in total. The van der Waals surface area contributed by atoms with E-state index >= 15 is 0 Å². The second-order valence-electron chi connectivity index (χ2n) is 2.88. The van der Waals surface area contributed by atoms with Crippen molar-refractivity contribution < 1.29 is 14.3 Å². The lowest BCUT2D eigenvalue weighted by Gasteiger charge is -2.07. The number of amides is 1. The molecule has 1 aromatic carbocycles. The Morgan fingerprint density at radius 2 is 2.18 bits per heavy atom. The van der Waals surface area contributed by atoms with Crippen molar-refractivity contribution in [2.24, 2.45) is 4.99 Å². The molecule has 0 saturated heterocycles. The monoisotopic (exact) mass is 271 g/mol. The van der Waals surface area contributed by atoms with Gasteiger partial charge < -0.3 is 4.74 Å². The normalized spacial score (nSPS) is 10.6. The van der Waals surface area contributed by atoms with Crippen molar-refractivity contribution in [2.45, 2.75) is 0 Å². The van der Waals surface area contributed by atoms with Crippen LogP contribution in [-0.2, 0) is 14.3 Å². The fraction of sp³-hybridized carbons (Fsp3) is 0.0909. The third kappa shape index (κ3) is 3.71. The van der Waals surface area contributed by atoms with Gasteiger partial charge in [-0.05, 0) is 18.2 Å². The maximum Gasteiger partial charge on any atom is 0.284 e. The Kier molecular flexibility index (Phi) is 4.91. The number of aliphatic imine (C=N–C) groups is 1. The second-order valence-corrected chi connectivity index (χ2v) is 3.72. The molecule has 0 heterocycles. The van der Waals surface area contributed by atoms with Crippen molar-refractivity contribution in [2.75, 3.05) is 7.11 Å². The van der Waals surface area contributed by atoms with Gasteiger partial charge in [-0.3, -0.25) is 4.79 Å². The highest BCUT2D eigenvalue weighted by Crippen LogP contribution is 2.27. The number of carbonyl (C=O) groups excluding carboxylic acids is 2. The molecule has 1 amide bonds. The SMILES string of the molecule is COC(=CC(=O)N=C=O)c1ccc(Cl)cc1Cl. The molecular weight excluding hydrogens is 265 g/mol. The number of rotatable bonds is 3. The number of nitrogens with zero attached hydrogens (tertiary/aromatic N) is 1. The maximum atomic E-state index is 11.1. The highest BCUT2D eigenvalue weighted by atomic mass is 35.5. The van der Waals surface area contributed by atoms with E-state index in [0.717, 1.165) is 12.2 Å². The Morgan fingerprint density at radius 1 is 1.47 bits per heavy atom. The van der Waals surface area contributed by atoms with Crippen LogP contribution in [0.4, 0.5) is 0 Å². The van der Waals surface area contributed by atoms with Crippen molar-refractivity contribution in [1.29, 1.82) is 0 Å². The fourth-order valence-corrected chi connectivity index (χ4v) is 1.63. The summed E-state index contributed by atoms with van der Waals surface area (Å²) in [4.78, 5) is 23.9. The van der Waals surface area contributed by atoms with Gasteiger partial charge in [-0.1, -0.05) is 23.2 Å². The first kappa shape index (κ1) is 13.5. The van der Waals surface area contributed by atoms with E-state index in [0.29, 0.717) is 15.6 Å². The van der Waals surface area contributed by atoms with Gasteiger partial charge in [0, 0.05) is 16.7 Å². The van der Waals surface area contributed by atoms with Gasteiger partial charge in [0.05, 0.1) is 12.1 Å². The van der Waals surface area contributed by atoms with Crippen LogP contribution in [0.15, 0.2) is 29.3 Å². The molecule has 0 bridgehead atoms. The Labute approximate surface area is 108 Å². The lowest BCUT2D eigenvalue weighted by Crippen LogP contribution is -1.94. The first-order valence-corrected chi connectivity index (χ1v) is 5.17. The van der Waals surface area contributed by atoms with E-state index in [-0.39, 0.29) is 5.76 Å². The molecular formula is C11H7Cl2NO3. The molecule has 0 radical (unpaired) electrons. The summed E-state index contributed by atoms with van der Waals surface area (Å²) >= 11 is 11.7. The van der Waals surface area contributed by atoms with Crippen molar-refractivity contribution in [1.82, 2.24) is 0 Å². The number of carbonyl (C=O) groups is 1. The largest absolute Gasteiger partial charge is 0.496 e. The summed E-state index contributed by atoms with van der Waals surface area (Å²) in [5.41, 5.74) is 0.480. The minimum absolute atomic E-state index is 0.190. The zero-order valence-electron chi connectivity index (χ0n) is 8.74. The Balaban J connectivity index is 3.18. The summed E-state index contributed by atoms with van der Waals surface area (Å²) in [6, 6.07) is 4.71. The summed E-state index contributed by atoms with van der Waals surface area (Å²) in [7, 11) is 1.37. The first-order chi connectivity index (χ1) is 8.08. The molecule has 0 fully saturated rings. The quantitative estimate of drug-likeness (QED) is 0.368. The van der Waals surface area contributed by atoms with Crippen LogP contribution in [0, 0.1) is 0 Å². The molecule has 0 unspecified atom stereocenters. The number of halogens is 2. The summed E-state index contributed by atoms with van der Waals surface area (Å²) in [5, 5.41) is 0.792. The van der Waals surface area contributed by atoms with Gasteiger partial charge in [-0.2, -0.15) is 0 Å². The van der Waals surface area contributed by atoms with E-state index in [2.05, 4.69) is 4.99 Å². The van der Waals surface area contributed by atoms with Crippen LogP contribution in [-0.4, -0.2) is 19.1 Å². The van der Waals surface area contributed by atoms with Crippen LogP contribution in [0.5, 0.6) is 0 Å². The molecule has 17 heavy (non-hydrogen) atoms. The van der Waals surface area contributed by atoms with E-state index < -0.39 is 5.91 Å². The van der Waals surface area contributed by atoms with E-state index in [1.54, 1.807) is 12.1 Å². The van der Waals surface area contributed by atoms with E-state index in [4.69, 9.17) is 27.9 Å². The van der Waals surface area contributed by atoms with Gasteiger partial charge in [0.1, 0.15) is 5.76 Å². The molecule has 1 rings (SSSR count). The summed E-state index contributed by atoms with van der Waals surface area (Å²) in [5.74, 6) is -0.585. The standard InChI is InChI=1S/C11H7Cl2NO3/c1-17-10(5-11(16)14-6-15)8-3-2-7(12)4-9(8)13/h2-5H,1H3. The molecule has 0 aliphatic carbocycles. The number of isocyanates is 1. The lowest BCUT2D eigenvalue weighted by atomic mass is 10.2. The molecule has 1 aromatic rings. The smallest absolute Gasteiger partial charge is 0.284 e. The highest BCUT2D eigenvalue weighted by Gasteiger charge is 2.09. The minimum Gasteiger partial charge on any atom is -0.496 e. The predicted molar refractivity (Wildman–Crippen MR) is 64.6 cm³/mol. The molecule has 0 atom stereocenters. The molecule has 0 N–H and O–H groups in total. The van der Waals surface area contributed by atoms with Crippen molar-refractivity contribution >= 4 is 40.9 Å². The van der Waals surface area contributed by atoms with E-state index in [1.165, 1.54) is 13.2 Å². The van der Waals surface area contributed by atoms with E-state index in [1.807, 2.05) is 0 Å². The first-order valence-electron chi connectivity index (χ1n) is 4.41. The number of methoxy groups -OCH3 is 1. The second kappa shape index (κ2) is 6.21. The number of hydrogen-bond donors (Lipinski definition) is 0. The number of ether oxygens (including phenoxy) is 1. The Hall–Kier alpha value is -1.61. The highest BCUT2D eigenvalue weighted by molar-refractivity contribution is 6.35. The summed E-state index contributed by atoms with van der Waals surface area (Å²) in [6.45, 7) is 0. The van der Waals surface area contributed by atoms with Crippen LogP contribution < -0.4 is 0 Å². The summed E-state index contributed by atoms with van der Waals surface area (Å²) < 4.78 is 5.00. The molecule has 0 aliphatic heterocycles. The fourth-order valence-electron chi connectivity index (χ4n) is 1.13. The molecule has 88 valence electrons.